The predicted molar refractivity (Wildman–Crippen MR) is 99.9 cm³/mol. The maximum atomic E-state index is 13.5. The Labute approximate surface area is 150 Å². The monoisotopic (exact) mass is 342 g/mol. The van der Waals surface area contributed by atoms with Crippen LogP contribution in [0.1, 0.15) is 61.3 Å². The van der Waals surface area contributed by atoms with Gasteiger partial charge in [-0.1, -0.05) is 44.0 Å². The summed E-state index contributed by atoms with van der Waals surface area (Å²) in [6.07, 6.45) is 10.0. The van der Waals surface area contributed by atoms with Crippen molar-refractivity contribution in [2.45, 2.75) is 64.7 Å². The Balaban J connectivity index is 1.51. The minimum Gasteiger partial charge on any atom is -0.204 e. The second-order valence-electron chi connectivity index (χ2n) is 7.46. The highest BCUT2D eigenvalue weighted by Gasteiger charge is 2.20. The van der Waals surface area contributed by atoms with E-state index in [2.05, 4.69) is 31.2 Å². The molecule has 0 heterocycles. The van der Waals surface area contributed by atoms with Gasteiger partial charge in [-0.2, -0.15) is 0 Å². The topological polar surface area (TPSA) is 0 Å². The Morgan fingerprint density at radius 2 is 1.52 bits per heavy atom. The van der Waals surface area contributed by atoms with Crippen LogP contribution in [0.3, 0.4) is 0 Å². The Morgan fingerprint density at radius 3 is 2.20 bits per heavy atom. The summed E-state index contributed by atoms with van der Waals surface area (Å²) in [5, 5.41) is 0. The molecule has 0 radical (unpaired) electrons. The summed E-state index contributed by atoms with van der Waals surface area (Å²) in [5.41, 5.74) is 4.81. The van der Waals surface area contributed by atoms with Gasteiger partial charge in [0.1, 0.15) is 0 Å². The van der Waals surface area contributed by atoms with Crippen molar-refractivity contribution >= 4 is 0 Å². The van der Waals surface area contributed by atoms with Crippen molar-refractivity contribution < 1.29 is 8.78 Å². The molecule has 2 heteroatoms. The third-order valence-corrected chi connectivity index (χ3v) is 5.51. The van der Waals surface area contributed by atoms with Gasteiger partial charge in [0.25, 0.3) is 0 Å². The lowest BCUT2D eigenvalue weighted by molar-refractivity contribution is 0.420. The molecule has 1 atom stereocenters. The molecule has 1 unspecified atom stereocenters. The lowest BCUT2D eigenvalue weighted by Gasteiger charge is -2.24. The first-order valence-electron chi connectivity index (χ1n) is 9.70. The van der Waals surface area contributed by atoms with Crippen LogP contribution in [0, 0.1) is 17.6 Å². The molecule has 2 aromatic rings. The zero-order valence-electron chi connectivity index (χ0n) is 15.2. The molecule has 0 spiro atoms. The molecule has 0 nitrogen and oxygen atoms in total. The molecule has 0 saturated heterocycles. The van der Waals surface area contributed by atoms with Gasteiger partial charge < -0.3 is 0 Å². The van der Waals surface area contributed by atoms with E-state index in [4.69, 9.17) is 0 Å². The second-order valence-corrected chi connectivity index (χ2v) is 7.46. The Hall–Kier alpha value is -1.70. The smallest absolute Gasteiger partial charge is 0.159 e. The van der Waals surface area contributed by atoms with E-state index in [0.717, 1.165) is 43.2 Å². The van der Waals surface area contributed by atoms with E-state index in [9.17, 15) is 8.78 Å². The molecule has 1 aliphatic carbocycles. The summed E-state index contributed by atoms with van der Waals surface area (Å²) < 4.78 is 26.8. The van der Waals surface area contributed by atoms with Crippen molar-refractivity contribution in [2.24, 2.45) is 5.92 Å². The highest BCUT2D eigenvalue weighted by atomic mass is 19.2. The third kappa shape index (κ3) is 4.90. The summed E-state index contributed by atoms with van der Waals surface area (Å²) in [5.74, 6) is -0.851. The molecule has 0 aromatic heterocycles. The lowest BCUT2D eigenvalue weighted by Crippen LogP contribution is -2.16. The van der Waals surface area contributed by atoms with Gasteiger partial charge in [0.05, 0.1) is 0 Å². The summed E-state index contributed by atoms with van der Waals surface area (Å²) in [7, 11) is 0. The molecular weight excluding hydrogens is 314 g/mol. The Morgan fingerprint density at radius 1 is 0.880 bits per heavy atom. The van der Waals surface area contributed by atoms with Crippen molar-refractivity contribution in [3.05, 3.63) is 70.3 Å². The standard InChI is InChI=1S/C23H28F2/c1-2-3-4-5-17-6-8-18(9-7-17)10-11-19-12-13-20-15-22(24)23(25)16-21(20)14-19/h6-9,15-16,19H,2-5,10-14H2,1H3. The number of fused-ring (bicyclic) bond motifs is 1. The fourth-order valence-corrected chi connectivity index (χ4v) is 3.89. The van der Waals surface area contributed by atoms with Crippen LogP contribution in [0.5, 0.6) is 0 Å². The molecule has 0 bridgehead atoms. The van der Waals surface area contributed by atoms with Crippen LogP contribution in [0.25, 0.3) is 0 Å². The van der Waals surface area contributed by atoms with Crippen LogP contribution in [0.4, 0.5) is 8.78 Å². The molecular formula is C23H28F2. The molecule has 3 rings (SSSR count). The van der Waals surface area contributed by atoms with Gasteiger partial charge >= 0.3 is 0 Å². The number of benzene rings is 2. The summed E-state index contributed by atoms with van der Waals surface area (Å²) >= 11 is 0. The minimum absolute atomic E-state index is 0.571. The van der Waals surface area contributed by atoms with Gasteiger partial charge in [-0.05, 0) is 85.3 Å². The average Bonchev–Trinajstić information content (AvgIpc) is 2.62. The third-order valence-electron chi connectivity index (χ3n) is 5.51. The van der Waals surface area contributed by atoms with Crippen molar-refractivity contribution in [1.29, 1.82) is 0 Å². The molecule has 0 fully saturated rings. The summed E-state index contributed by atoms with van der Waals surface area (Å²) in [4.78, 5) is 0. The largest absolute Gasteiger partial charge is 0.204 e. The number of unbranched alkanes of at least 4 members (excludes halogenated alkanes) is 2. The SMILES string of the molecule is CCCCCc1ccc(CCC2CCc3cc(F)c(F)cc3C2)cc1. The van der Waals surface area contributed by atoms with E-state index in [-0.39, 0.29) is 0 Å². The summed E-state index contributed by atoms with van der Waals surface area (Å²) in [6.45, 7) is 2.23. The van der Waals surface area contributed by atoms with Crippen molar-refractivity contribution in [2.75, 3.05) is 0 Å². The Kier molecular flexibility index (Phi) is 6.23. The Bertz CT molecular complexity index is 688. The molecule has 1 aliphatic rings. The van der Waals surface area contributed by atoms with Gasteiger partial charge in [0, 0.05) is 0 Å². The lowest BCUT2D eigenvalue weighted by atomic mass is 9.81. The van der Waals surface area contributed by atoms with Crippen LogP contribution in [0.15, 0.2) is 36.4 Å². The van der Waals surface area contributed by atoms with E-state index in [1.807, 2.05) is 0 Å². The zero-order chi connectivity index (χ0) is 17.6. The van der Waals surface area contributed by atoms with E-state index in [1.54, 1.807) is 0 Å². The highest BCUT2D eigenvalue weighted by molar-refractivity contribution is 5.31. The fourth-order valence-electron chi connectivity index (χ4n) is 3.89. The van der Waals surface area contributed by atoms with Crippen LogP contribution < -0.4 is 0 Å². The molecule has 2 aromatic carbocycles. The molecule has 0 aliphatic heterocycles. The maximum Gasteiger partial charge on any atom is 0.159 e. The van der Waals surface area contributed by atoms with Crippen LogP contribution in [-0.4, -0.2) is 0 Å². The zero-order valence-corrected chi connectivity index (χ0v) is 15.2. The number of halogens is 2. The first kappa shape index (κ1) is 18.1. The van der Waals surface area contributed by atoms with Crippen LogP contribution >= 0.6 is 0 Å². The molecule has 0 amide bonds. The molecule has 25 heavy (non-hydrogen) atoms. The van der Waals surface area contributed by atoms with Gasteiger partial charge in [-0.25, -0.2) is 8.78 Å². The summed E-state index contributed by atoms with van der Waals surface area (Å²) in [6, 6.07) is 11.8. The fraction of sp³-hybridized carbons (Fsp3) is 0.478. The van der Waals surface area contributed by atoms with Crippen molar-refractivity contribution in [3.63, 3.8) is 0 Å². The normalized spacial score (nSPS) is 16.7. The van der Waals surface area contributed by atoms with E-state index in [1.165, 1.54) is 48.9 Å². The molecule has 0 saturated carbocycles. The first-order chi connectivity index (χ1) is 12.2. The van der Waals surface area contributed by atoms with Gasteiger partial charge in [-0.3, -0.25) is 0 Å². The molecule has 134 valence electrons. The van der Waals surface area contributed by atoms with E-state index < -0.39 is 11.6 Å². The molecule has 0 N–H and O–H groups in total. The second kappa shape index (κ2) is 8.60. The van der Waals surface area contributed by atoms with Crippen molar-refractivity contribution in [3.8, 4) is 0 Å². The number of hydrogen-bond donors (Lipinski definition) is 0. The van der Waals surface area contributed by atoms with Crippen LogP contribution in [0.2, 0.25) is 0 Å². The predicted octanol–water partition coefficient (Wildman–Crippen LogP) is 6.44. The van der Waals surface area contributed by atoms with E-state index in [0.29, 0.717) is 5.92 Å². The minimum atomic E-state index is -0.712. The van der Waals surface area contributed by atoms with Crippen LogP contribution in [-0.2, 0) is 25.7 Å². The average molecular weight is 342 g/mol. The highest BCUT2D eigenvalue weighted by Crippen LogP contribution is 2.30. The quantitative estimate of drug-likeness (QED) is 0.508. The van der Waals surface area contributed by atoms with Gasteiger partial charge in [0.2, 0.25) is 0 Å². The number of rotatable bonds is 7. The van der Waals surface area contributed by atoms with Gasteiger partial charge in [-0.15, -0.1) is 0 Å². The van der Waals surface area contributed by atoms with Gasteiger partial charge in [0.15, 0.2) is 11.6 Å². The first-order valence-corrected chi connectivity index (χ1v) is 9.70. The number of hydrogen-bond acceptors (Lipinski definition) is 0. The maximum absolute atomic E-state index is 13.5. The number of aryl methyl sites for hydroxylation is 3. The van der Waals surface area contributed by atoms with Crippen molar-refractivity contribution in [1.82, 2.24) is 0 Å². The van der Waals surface area contributed by atoms with E-state index >= 15 is 0 Å².